The molecule has 20 heavy (non-hydrogen) atoms. The van der Waals surface area contributed by atoms with Gasteiger partial charge in [-0.25, -0.2) is 14.6 Å². The number of rotatable bonds is 5. The van der Waals surface area contributed by atoms with Crippen molar-refractivity contribution >= 4 is 39.7 Å². The van der Waals surface area contributed by atoms with Gasteiger partial charge in [0, 0.05) is 18.3 Å². The van der Waals surface area contributed by atoms with Crippen LogP contribution in [0.25, 0.3) is 0 Å². The molecule has 106 valence electrons. The van der Waals surface area contributed by atoms with Crippen LogP contribution in [-0.4, -0.2) is 28.6 Å². The number of aryl methyl sites for hydroxylation is 1. The van der Waals surface area contributed by atoms with E-state index in [0.717, 1.165) is 10.7 Å². The summed E-state index contributed by atoms with van der Waals surface area (Å²) in [7, 11) is 0. The maximum Gasteiger partial charge on any atom is 0.338 e. The first kappa shape index (κ1) is 14.5. The fourth-order valence-corrected chi connectivity index (χ4v) is 2.97. The smallest absolute Gasteiger partial charge is 0.338 e. The molecule has 0 fully saturated rings. The highest BCUT2D eigenvalue weighted by molar-refractivity contribution is 7.14. The lowest BCUT2D eigenvalue weighted by atomic mass is 10.3. The summed E-state index contributed by atoms with van der Waals surface area (Å²) >= 11 is 2.75. The number of carboxylic acid groups (broad SMARTS) is 1. The Hall–Kier alpha value is -1.93. The minimum atomic E-state index is -1.06. The molecule has 3 N–H and O–H groups in total. The summed E-state index contributed by atoms with van der Waals surface area (Å²) in [5.41, 5.74) is 1.04. The Morgan fingerprint density at radius 1 is 1.40 bits per heavy atom. The lowest BCUT2D eigenvalue weighted by molar-refractivity contribution is 0.0698. The second-order valence-corrected chi connectivity index (χ2v) is 5.94. The number of carbonyl (C=O) groups excluding carboxylic acids is 1. The van der Waals surface area contributed by atoms with Crippen molar-refractivity contribution in [3.05, 3.63) is 33.1 Å². The summed E-state index contributed by atoms with van der Waals surface area (Å²) in [6, 6.07) is 1.04. The molecular weight excluding hydrogens is 298 g/mol. The number of carbonyl (C=O) groups is 2. The Labute approximate surface area is 123 Å². The average molecular weight is 311 g/mol. The van der Waals surface area contributed by atoms with Gasteiger partial charge in [0.25, 0.3) is 0 Å². The van der Waals surface area contributed by atoms with Crippen molar-refractivity contribution in [2.45, 2.75) is 13.3 Å². The lowest BCUT2D eigenvalue weighted by Crippen LogP contribution is -2.30. The number of nitrogens with zero attached hydrogens (tertiary/aromatic N) is 1. The van der Waals surface area contributed by atoms with Crippen LogP contribution in [0.4, 0.5) is 9.80 Å². The number of aromatic nitrogens is 1. The molecular formula is C12H13N3O3S2. The maximum atomic E-state index is 11.7. The van der Waals surface area contributed by atoms with Crippen LogP contribution in [-0.2, 0) is 6.42 Å². The number of thiazole rings is 1. The summed E-state index contributed by atoms with van der Waals surface area (Å²) in [4.78, 5) is 26.8. The minimum Gasteiger partial charge on any atom is -0.478 e. The van der Waals surface area contributed by atoms with Crippen LogP contribution < -0.4 is 10.6 Å². The molecule has 0 aliphatic carbocycles. The third-order valence-electron chi connectivity index (χ3n) is 2.46. The van der Waals surface area contributed by atoms with Crippen molar-refractivity contribution in [3.8, 4) is 0 Å². The fourth-order valence-electron chi connectivity index (χ4n) is 1.55. The molecule has 2 aromatic rings. The van der Waals surface area contributed by atoms with E-state index >= 15 is 0 Å². The van der Waals surface area contributed by atoms with Crippen molar-refractivity contribution in [1.29, 1.82) is 0 Å². The van der Waals surface area contributed by atoms with Gasteiger partial charge in [0.2, 0.25) is 0 Å². The number of carboxylic acids is 1. The third-order valence-corrected chi connectivity index (χ3v) is 4.11. The summed E-state index contributed by atoms with van der Waals surface area (Å²) in [6.45, 7) is 2.38. The molecule has 2 rings (SSSR count). The predicted octanol–water partition coefficient (Wildman–Crippen LogP) is 2.58. The van der Waals surface area contributed by atoms with E-state index in [0.29, 0.717) is 18.0 Å². The third kappa shape index (κ3) is 3.78. The molecule has 0 bridgehead atoms. The molecule has 2 aromatic heterocycles. The van der Waals surface area contributed by atoms with Gasteiger partial charge in [-0.3, -0.25) is 5.32 Å². The molecule has 8 heteroatoms. The van der Waals surface area contributed by atoms with E-state index in [1.165, 1.54) is 17.4 Å². The molecule has 0 saturated carbocycles. The Bertz CT molecular complexity index is 621. The van der Waals surface area contributed by atoms with Crippen LogP contribution >= 0.6 is 22.7 Å². The van der Waals surface area contributed by atoms with Gasteiger partial charge >= 0.3 is 12.0 Å². The Morgan fingerprint density at radius 2 is 2.20 bits per heavy atom. The van der Waals surface area contributed by atoms with Crippen LogP contribution in [0.15, 0.2) is 16.8 Å². The van der Waals surface area contributed by atoms with Gasteiger partial charge in [-0.15, -0.1) is 22.7 Å². The zero-order valence-corrected chi connectivity index (χ0v) is 12.3. The molecule has 0 spiro atoms. The zero-order valence-electron chi connectivity index (χ0n) is 10.7. The molecule has 0 aliphatic rings. The number of aromatic carboxylic acids is 1. The van der Waals surface area contributed by atoms with E-state index in [9.17, 15) is 9.59 Å². The number of nitrogens with one attached hydrogen (secondary N) is 2. The van der Waals surface area contributed by atoms with Gasteiger partial charge in [-0.05, 0) is 18.4 Å². The molecule has 0 atom stereocenters. The Balaban J connectivity index is 1.80. The van der Waals surface area contributed by atoms with Crippen LogP contribution in [0, 0.1) is 6.92 Å². The van der Waals surface area contributed by atoms with E-state index < -0.39 is 12.0 Å². The first-order chi connectivity index (χ1) is 9.56. The fraction of sp³-hybridized carbons (Fsp3) is 0.250. The van der Waals surface area contributed by atoms with E-state index in [-0.39, 0.29) is 5.56 Å². The monoisotopic (exact) mass is 311 g/mol. The molecule has 0 aromatic carbocycles. The SMILES string of the molecule is Cc1nc(CCNC(=O)Nc2sccc2C(=O)O)cs1. The van der Waals surface area contributed by atoms with Gasteiger partial charge in [0.05, 0.1) is 16.3 Å². The largest absolute Gasteiger partial charge is 0.478 e. The van der Waals surface area contributed by atoms with Crippen LogP contribution in [0.2, 0.25) is 0 Å². The van der Waals surface area contributed by atoms with Crippen molar-refractivity contribution in [1.82, 2.24) is 10.3 Å². The van der Waals surface area contributed by atoms with E-state index in [2.05, 4.69) is 15.6 Å². The summed E-state index contributed by atoms with van der Waals surface area (Å²) < 4.78 is 0. The second kappa shape index (κ2) is 6.49. The number of hydrogen-bond acceptors (Lipinski definition) is 5. The summed E-state index contributed by atoms with van der Waals surface area (Å²) in [6.07, 6.45) is 0.647. The average Bonchev–Trinajstić information content (AvgIpc) is 2.98. The van der Waals surface area contributed by atoms with Crippen molar-refractivity contribution in [2.24, 2.45) is 0 Å². The topological polar surface area (TPSA) is 91.3 Å². The van der Waals surface area contributed by atoms with Crippen molar-refractivity contribution in [3.63, 3.8) is 0 Å². The van der Waals surface area contributed by atoms with E-state index in [1.54, 1.807) is 16.7 Å². The number of amides is 2. The van der Waals surface area contributed by atoms with E-state index in [4.69, 9.17) is 5.11 Å². The maximum absolute atomic E-state index is 11.7. The number of anilines is 1. The normalized spacial score (nSPS) is 10.2. The Morgan fingerprint density at radius 3 is 2.85 bits per heavy atom. The molecule has 6 nitrogen and oxygen atoms in total. The highest BCUT2D eigenvalue weighted by Gasteiger charge is 2.13. The number of hydrogen-bond donors (Lipinski definition) is 3. The van der Waals surface area contributed by atoms with Crippen molar-refractivity contribution in [2.75, 3.05) is 11.9 Å². The molecule has 2 heterocycles. The first-order valence-corrected chi connectivity index (χ1v) is 7.59. The number of thiophene rings is 1. The van der Waals surface area contributed by atoms with Gasteiger partial charge in [-0.2, -0.15) is 0 Å². The van der Waals surface area contributed by atoms with Crippen molar-refractivity contribution < 1.29 is 14.7 Å². The molecule has 0 radical (unpaired) electrons. The molecule has 2 amide bonds. The quantitative estimate of drug-likeness (QED) is 0.791. The molecule has 0 saturated heterocycles. The van der Waals surface area contributed by atoms with Gasteiger partial charge in [0.1, 0.15) is 5.00 Å². The zero-order chi connectivity index (χ0) is 14.5. The van der Waals surface area contributed by atoms with Crippen LogP contribution in [0.3, 0.4) is 0 Å². The van der Waals surface area contributed by atoms with Gasteiger partial charge < -0.3 is 10.4 Å². The Kier molecular flexibility index (Phi) is 4.70. The first-order valence-electron chi connectivity index (χ1n) is 5.83. The highest BCUT2D eigenvalue weighted by atomic mass is 32.1. The van der Waals surface area contributed by atoms with Gasteiger partial charge in [-0.1, -0.05) is 0 Å². The minimum absolute atomic E-state index is 0.0975. The standard InChI is InChI=1S/C12H13N3O3S2/c1-7-14-8(6-20-7)2-4-13-12(18)15-10-9(11(16)17)3-5-19-10/h3,5-6H,2,4H2,1H3,(H,16,17)(H2,13,15,18). The van der Waals surface area contributed by atoms with Crippen LogP contribution in [0.1, 0.15) is 21.1 Å². The second-order valence-electron chi connectivity index (χ2n) is 3.96. The summed E-state index contributed by atoms with van der Waals surface area (Å²) in [5, 5.41) is 19.0. The lowest BCUT2D eigenvalue weighted by Gasteiger charge is -2.06. The number of urea groups is 1. The van der Waals surface area contributed by atoms with Crippen LogP contribution in [0.5, 0.6) is 0 Å². The predicted molar refractivity (Wildman–Crippen MR) is 78.9 cm³/mol. The summed E-state index contributed by atoms with van der Waals surface area (Å²) in [5.74, 6) is -1.06. The van der Waals surface area contributed by atoms with Gasteiger partial charge in [0.15, 0.2) is 0 Å². The highest BCUT2D eigenvalue weighted by Crippen LogP contribution is 2.22. The molecule has 0 aliphatic heterocycles. The van der Waals surface area contributed by atoms with E-state index in [1.807, 2.05) is 12.3 Å². The molecule has 0 unspecified atom stereocenters.